The van der Waals surface area contributed by atoms with E-state index in [-0.39, 0.29) is 11.8 Å². The molecule has 122 valence electrons. The number of ether oxygens (including phenoxy) is 1. The Balaban J connectivity index is 1.94. The van der Waals surface area contributed by atoms with Crippen LogP contribution in [-0.2, 0) is 0 Å². The molecule has 6 nitrogen and oxygen atoms in total. The molecule has 3 heterocycles. The SMILES string of the molecule is Cc1ccc(-c2[nH]nc3c2[C@@H](c2cccnc2)C(C#N)=C(N)O3)cc1. The standard InChI is InChI=1S/C19H15N5O/c1-11-4-6-12(7-5-11)17-16-15(13-3-2-8-22-10-13)14(9-20)18(21)25-19(16)24-23-17/h2-8,10,15H,21H2,1H3,(H,23,24)/t15-/m0/s1. The number of hydrogen-bond acceptors (Lipinski definition) is 5. The third-order valence-electron chi connectivity index (χ3n) is 4.30. The summed E-state index contributed by atoms with van der Waals surface area (Å²) in [4.78, 5) is 4.18. The van der Waals surface area contributed by atoms with Crippen LogP contribution in [0.2, 0.25) is 0 Å². The molecule has 0 saturated carbocycles. The maximum absolute atomic E-state index is 9.64. The van der Waals surface area contributed by atoms with E-state index >= 15 is 0 Å². The lowest BCUT2D eigenvalue weighted by atomic mass is 9.83. The Morgan fingerprint density at radius 3 is 2.72 bits per heavy atom. The second kappa shape index (κ2) is 5.80. The zero-order valence-corrected chi connectivity index (χ0v) is 13.5. The van der Waals surface area contributed by atoms with Crippen LogP contribution in [0.5, 0.6) is 5.88 Å². The molecule has 0 amide bonds. The van der Waals surface area contributed by atoms with Crippen molar-refractivity contribution in [3.63, 3.8) is 0 Å². The zero-order chi connectivity index (χ0) is 17.4. The number of allylic oxidation sites excluding steroid dienone is 1. The third kappa shape index (κ3) is 2.42. The first-order valence-electron chi connectivity index (χ1n) is 7.82. The number of pyridine rings is 1. The van der Waals surface area contributed by atoms with Crippen LogP contribution >= 0.6 is 0 Å². The number of fused-ring (bicyclic) bond motifs is 1. The summed E-state index contributed by atoms with van der Waals surface area (Å²) in [7, 11) is 0. The Morgan fingerprint density at radius 2 is 2.04 bits per heavy atom. The molecule has 0 fully saturated rings. The number of hydrogen-bond donors (Lipinski definition) is 2. The highest BCUT2D eigenvalue weighted by molar-refractivity contribution is 5.70. The minimum Gasteiger partial charge on any atom is -0.420 e. The fourth-order valence-corrected chi connectivity index (χ4v) is 3.07. The Morgan fingerprint density at radius 1 is 1.24 bits per heavy atom. The molecule has 4 rings (SSSR count). The summed E-state index contributed by atoms with van der Waals surface area (Å²) in [5.74, 6) is 0.0873. The van der Waals surface area contributed by atoms with Crippen molar-refractivity contribution in [3.05, 3.63) is 76.9 Å². The van der Waals surface area contributed by atoms with Crippen LogP contribution < -0.4 is 10.5 Å². The van der Waals surface area contributed by atoms with E-state index in [4.69, 9.17) is 10.5 Å². The first-order valence-corrected chi connectivity index (χ1v) is 7.82. The van der Waals surface area contributed by atoms with Crippen LogP contribution in [0.3, 0.4) is 0 Å². The predicted molar refractivity (Wildman–Crippen MR) is 92.3 cm³/mol. The van der Waals surface area contributed by atoms with Gasteiger partial charge in [-0.3, -0.25) is 10.1 Å². The number of H-pyrrole nitrogens is 1. The minimum absolute atomic E-state index is 0.0748. The first-order chi connectivity index (χ1) is 12.2. The number of benzene rings is 1. The molecule has 1 aromatic carbocycles. The lowest BCUT2D eigenvalue weighted by Crippen LogP contribution is -2.21. The molecule has 3 aromatic rings. The fraction of sp³-hybridized carbons (Fsp3) is 0.105. The molecule has 3 N–H and O–H groups in total. The number of nitrogens with two attached hydrogens (primary N) is 1. The van der Waals surface area contributed by atoms with Crippen molar-refractivity contribution < 1.29 is 4.74 Å². The molecule has 2 aromatic heterocycles. The largest absolute Gasteiger partial charge is 0.420 e. The van der Waals surface area contributed by atoms with Crippen LogP contribution in [0.25, 0.3) is 11.3 Å². The molecule has 0 aliphatic carbocycles. The van der Waals surface area contributed by atoms with Crippen molar-refractivity contribution in [3.8, 4) is 23.2 Å². The number of nitrogens with one attached hydrogen (secondary N) is 1. The number of nitriles is 1. The predicted octanol–water partition coefficient (Wildman–Crippen LogP) is 3.00. The summed E-state index contributed by atoms with van der Waals surface area (Å²) < 4.78 is 5.59. The van der Waals surface area contributed by atoms with Gasteiger partial charge in [-0.1, -0.05) is 35.9 Å². The van der Waals surface area contributed by atoms with Crippen molar-refractivity contribution in [2.75, 3.05) is 0 Å². The fourth-order valence-electron chi connectivity index (χ4n) is 3.07. The second-order valence-corrected chi connectivity index (χ2v) is 5.89. The van der Waals surface area contributed by atoms with Crippen molar-refractivity contribution in [2.45, 2.75) is 12.8 Å². The van der Waals surface area contributed by atoms with E-state index < -0.39 is 0 Å². The van der Waals surface area contributed by atoms with Gasteiger partial charge in [0, 0.05) is 18.0 Å². The highest BCUT2D eigenvalue weighted by Crippen LogP contribution is 2.45. The Hall–Kier alpha value is -3.59. The smallest absolute Gasteiger partial charge is 0.244 e. The van der Waals surface area contributed by atoms with Gasteiger partial charge in [0.15, 0.2) is 0 Å². The lowest BCUT2D eigenvalue weighted by molar-refractivity contribution is 0.379. The molecule has 1 aliphatic heterocycles. The van der Waals surface area contributed by atoms with Gasteiger partial charge >= 0.3 is 0 Å². The summed E-state index contributed by atoms with van der Waals surface area (Å²) in [5.41, 5.74) is 10.9. The average molecular weight is 329 g/mol. The van der Waals surface area contributed by atoms with Gasteiger partial charge in [0.1, 0.15) is 11.6 Å². The monoisotopic (exact) mass is 329 g/mol. The van der Waals surface area contributed by atoms with Crippen LogP contribution in [0.4, 0.5) is 0 Å². The van der Waals surface area contributed by atoms with Crippen LogP contribution in [0, 0.1) is 18.3 Å². The topological polar surface area (TPSA) is 101 Å². The summed E-state index contributed by atoms with van der Waals surface area (Å²) in [6, 6.07) is 14.0. The van der Waals surface area contributed by atoms with Gasteiger partial charge in [-0.25, -0.2) is 0 Å². The number of aromatic nitrogens is 3. The molecule has 0 spiro atoms. The molecule has 0 bridgehead atoms. The first kappa shape index (κ1) is 15.0. The molecular formula is C19H15N5O. The van der Waals surface area contributed by atoms with Crippen molar-refractivity contribution in [2.24, 2.45) is 5.73 Å². The molecular weight excluding hydrogens is 314 g/mol. The number of aryl methyl sites for hydroxylation is 1. The van der Waals surface area contributed by atoms with Gasteiger partial charge in [0.05, 0.1) is 17.2 Å². The van der Waals surface area contributed by atoms with Crippen molar-refractivity contribution in [1.29, 1.82) is 5.26 Å². The van der Waals surface area contributed by atoms with Gasteiger partial charge in [-0.15, -0.1) is 5.10 Å². The molecule has 0 radical (unpaired) electrons. The molecule has 25 heavy (non-hydrogen) atoms. The van der Waals surface area contributed by atoms with Crippen LogP contribution in [0.1, 0.15) is 22.6 Å². The van der Waals surface area contributed by atoms with Crippen LogP contribution in [0.15, 0.2) is 60.2 Å². The Bertz CT molecular complexity index is 997. The highest BCUT2D eigenvalue weighted by atomic mass is 16.5. The van der Waals surface area contributed by atoms with Gasteiger partial charge in [-0.05, 0) is 18.6 Å². The highest BCUT2D eigenvalue weighted by Gasteiger charge is 2.35. The normalized spacial score (nSPS) is 16.1. The molecule has 0 unspecified atom stereocenters. The summed E-state index contributed by atoms with van der Waals surface area (Å²) in [6.07, 6.45) is 3.43. The molecule has 1 atom stereocenters. The van der Waals surface area contributed by atoms with E-state index in [2.05, 4.69) is 21.3 Å². The Labute approximate surface area is 144 Å². The summed E-state index contributed by atoms with van der Waals surface area (Å²) >= 11 is 0. The van der Waals surface area contributed by atoms with Crippen molar-refractivity contribution >= 4 is 0 Å². The maximum Gasteiger partial charge on any atom is 0.244 e. The average Bonchev–Trinajstić information content (AvgIpc) is 3.05. The van der Waals surface area contributed by atoms with E-state index in [0.29, 0.717) is 11.5 Å². The third-order valence-corrected chi connectivity index (χ3v) is 4.30. The van der Waals surface area contributed by atoms with Crippen LogP contribution in [-0.4, -0.2) is 15.2 Å². The van der Waals surface area contributed by atoms with Crippen molar-refractivity contribution in [1.82, 2.24) is 15.2 Å². The molecule has 0 saturated heterocycles. The van der Waals surface area contributed by atoms with Gasteiger partial charge in [0.2, 0.25) is 11.8 Å². The summed E-state index contributed by atoms with van der Waals surface area (Å²) in [6.45, 7) is 2.03. The number of nitrogens with zero attached hydrogens (tertiary/aromatic N) is 3. The minimum atomic E-state index is -0.377. The second-order valence-electron chi connectivity index (χ2n) is 5.89. The quantitative estimate of drug-likeness (QED) is 0.752. The molecule has 1 aliphatic rings. The van der Waals surface area contributed by atoms with E-state index in [0.717, 1.165) is 22.4 Å². The lowest BCUT2D eigenvalue weighted by Gasteiger charge is -2.23. The molecule has 6 heteroatoms. The van der Waals surface area contributed by atoms with Gasteiger partial charge in [0.25, 0.3) is 0 Å². The zero-order valence-electron chi connectivity index (χ0n) is 13.5. The Kier molecular flexibility index (Phi) is 3.47. The summed E-state index contributed by atoms with van der Waals surface area (Å²) in [5, 5.41) is 16.9. The van der Waals surface area contributed by atoms with Gasteiger partial charge in [-0.2, -0.15) is 5.26 Å². The maximum atomic E-state index is 9.64. The van der Waals surface area contributed by atoms with Gasteiger partial charge < -0.3 is 10.5 Å². The van der Waals surface area contributed by atoms with E-state index in [1.165, 1.54) is 5.56 Å². The van der Waals surface area contributed by atoms with E-state index in [1.54, 1.807) is 12.4 Å². The number of rotatable bonds is 2. The number of aromatic amines is 1. The van der Waals surface area contributed by atoms with E-state index in [1.807, 2.05) is 43.3 Å². The van der Waals surface area contributed by atoms with E-state index in [9.17, 15) is 5.26 Å².